The van der Waals surface area contributed by atoms with E-state index in [1.54, 1.807) is 12.1 Å². The zero-order valence-corrected chi connectivity index (χ0v) is 16.5. The summed E-state index contributed by atoms with van der Waals surface area (Å²) >= 11 is 0. The molecule has 6 nitrogen and oxygen atoms in total. The second-order valence-electron chi connectivity index (χ2n) is 7.87. The zero-order chi connectivity index (χ0) is 19.7. The SMILES string of the molecule is CCNC(=O)NCC1CC2CCN1CC2c1cc(-c2ccc(F)cc2)nn1C. The quantitative estimate of drug-likeness (QED) is 0.832. The summed E-state index contributed by atoms with van der Waals surface area (Å²) in [5, 5.41) is 10.5. The highest BCUT2D eigenvalue weighted by molar-refractivity contribution is 5.73. The van der Waals surface area contributed by atoms with Gasteiger partial charge in [0.05, 0.1) is 5.69 Å². The van der Waals surface area contributed by atoms with E-state index < -0.39 is 0 Å². The van der Waals surface area contributed by atoms with Gasteiger partial charge < -0.3 is 10.6 Å². The molecule has 1 aromatic carbocycles. The lowest BCUT2D eigenvalue weighted by Gasteiger charge is -2.49. The molecule has 0 spiro atoms. The van der Waals surface area contributed by atoms with Crippen LogP contribution in [0.5, 0.6) is 0 Å². The minimum absolute atomic E-state index is 0.0859. The van der Waals surface area contributed by atoms with Crippen LogP contribution in [0.2, 0.25) is 0 Å². The third kappa shape index (κ3) is 3.76. The van der Waals surface area contributed by atoms with E-state index in [1.165, 1.54) is 24.2 Å². The molecule has 3 aliphatic heterocycles. The maximum Gasteiger partial charge on any atom is 0.314 e. The summed E-state index contributed by atoms with van der Waals surface area (Å²) in [4.78, 5) is 14.2. The van der Waals surface area contributed by atoms with Crippen LogP contribution in [0.25, 0.3) is 11.3 Å². The maximum absolute atomic E-state index is 13.2. The Morgan fingerprint density at radius 3 is 2.75 bits per heavy atom. The highest BCUT2D eigenvalue weighted by atomic mass is 19.1. The first kappa shape index (κ1) is 18.9. The zero-order valence-electron chi connectivity index (χ0n) is 16.5. The summed E-state index contributed by atoms with van der Waals surface area (Å²) < 4.78 is 15.2. The molecule has 3 saturated heterocycles. The van der Waals surface area contributed by atoms with Crippen LogP contribution < -0.4 is 10.6 Å². The van der Waals surface area contributed by atoms with E-state index in [2.05, 4.69) is 26.7 Å². The number of carbonyl (C=O) groups excluding carboxylic acids is 1. The van der Waals surface area contributed by atoms with Crippen molar-refractivity contribution in [3.8, 4) is 11.3 Å². The summed E-state index contributed by atoms with van der Waals surface area (Å²) in [6.45, 7) is 5.34. The standard InChI is InChI=1S/C21H28FN5O/c1-3-23-21(28)24-12-17-10-15-8-9-27(17)13-18(15)20-11-19(25-26(20)2)14-4-6-16(22)7-5-14/h4-7,11,15,17-18H,3,8-10,12-13H2,1-2H3,(H2,23,24,28). The molecule has 3 aliphatic rings. The van der Waals surface area contributed by atoms with Crippen LogP contribution in [0.4, 0.5) is 9.18 Å². The molecule has 2 N–H and O–H groups in total. The smallest absolute Gasteiger partial charge is 0.314 e. The molecule has 2 amide bonds. The normalized spacial score (nSPS) is 26.2. The van der Waals surface area contributed by atoms with Gasteiger partial charge in [0, 0.05) is 49.9 Å². The van der Waals surface area contributed by atoms with Crippen LogP contribution in [0, 0.1) is 11.7 Å². The fourth-order valence-electron chi connectivity index (χ4n) is 4.71. The number of benzene rings is 1. The minimum atomic E-state index is -0.232. The summed E-state index contributed by atoms with van der Waals surface area (Å²) in [6.07, 6.45) is 2.27. The van der Waals surface area contributed by atoms with E-state index in [9.17, 15) is 9.18 Å². The fraction of sp³-hybridized carbons (Fsp3) is 0.524. The monoisotopic (exact) mass is 385 g/mol. The number of urea groups is 1. The van der Waals surface area contributed by atoms with Crippen molar-refractivity contribution in [1.82, 2.24) is 25.3 Å². The number of hydrogen-bond acceptors (Lipinski definition) is 3. The van der Waals surface area contributed by atoms with Crippen LogP contribution >= 0.6 is 0 Å². The summed E-state index contributed by atoms with van der Waals surface area (Å²) in [6, 6.07) is 8.98. The molecular formula is C21H28FN5O. The van der Waals surface area contributed by atoms with Gasteiger partial charge >= 0.3 is 6.03 Å². The van der Waals surface area contributed by atoms with Crippen LogP contribution in [0.15, 0.2) is 30.3 Å². The van der Waals surface area contributed by atoms with Crippen molar-refractivity contribution in [3.05, 3.63) is 41.8 Å². The predicted octanol–water partition coefficient (Wildman–Crippen LogP) is 2.72. The lowest BCUT2D eigenvalue weighted by Crippen LogP contribution is -2.56. The largest absolute Gasteiger partial charge is 0.338 e. The number of piperidine rings is 3. The average molecular weight is 385 g/mol. The Balaban J connectivity index is 1.45. The van der Waals surface area contributed by atoms with Crippen LogP contribution in [0.3, 0.4) is 0 Å². The third-order valence-electron chi connectivity index (χ3n) is 6.15. The lowest BCUT2D eigenvalue weighted by molar-refractivity contribution is 0.0294. The van der Waals surface area contributed by atoms with Gasteiger partial charge in [-0.1, -0.05) is 0 Å². The molecule has 2 bridgehead atoms. The first-order valence-electron chi connectivity index (χ1n) is 10.1. The van der Waals surface area contributed by atoms with Crippen molar-refractivity contribution < 1.29 is 9.18 Å². The van der Waals surface area contributed by atoms with Gasteiger partial charge in [0.2, 0.25) is 0 Å². The number of fused-ring (bicyclic) bond motifs is 3. The second-order valence-corrected chi connectivity index (χ2v) is 7.87. The Bertz CT molecular complexity index is 834. The van der Waals surface area contributed by atoms with E-state index in [4.69, 9.17) is 0 Å². The molecule has 0 radical (unpaired) electrons. The molecule has 0 aliphatic carbocycles. The van der Waals surface area contributed by atoms with E-state index in [0.29, 0.717) is 31.0 Å². The van der Waals surface area contributed by atoms with Gasteiger partial charge in [0.25, 0.3) is 0 Å². The number of halogens is 1. The molecule has 7 heteroatoms. The number of nitrogens with zero attached hydrogens (tertiary/aromatic N) is 3. The highest BCUT2D eigenvalue weighted by Gasteiger charge is 2.41. The van der Waals surface area contributed by atoms with Gasteiger partial charge in [0.1, 0.15) is 5.82 Å². The molecule has 2 aromatic rings. The van der Waals surface area contributed by atoms with E-state index in [1.807, 2.05) is 18.7 Å². The number of aromatic nitrogens is 2. The number of rotatable bonds is 5. The number of nitrogens with one attached hydrogen (secondary N) is 2. The average Bonchev–Trinajstić information content (AvgIpc) is 3.09. The number of carbonyl (C=O) groups is 1. The van der Waals surface area contributed by atoms with Crippen LogP contribution in [-0.4, -0.2) is 52.9 Å². The van der Waals surface area contributed by atoms with E-state index in [-0.39, 0.29) is 11.8 Å². The van der Waals surface area contributed by atoms with Crippen molar-refractivity contribution in [1.29, 1.82) is 0 Å². The Hall–Kier alpha value is -2.41. The van der Waals surface area contributed by atoms with E-state index >= 15 is 0 Å². The van der Waals surface area contributed by atoms with Crippen molar-refractivity contribution in [2.24, 2.45) is 13.0 Å². The first-order valence-corrected chi connectivity index (χ1v) is 10.1. The fourth-order valence-corrected chi connectivity index (χ4v) is 4.71. The molecule has 1 aromatic heterocycles. The number of amides is 2. The van der Waals surface area contributed by atoms with Gasteiger partial charge in [-0.2, -0.15) is 5.10 Å². The molecule has 0 saturated carbocycles. The van der Waals surface area contributed by atoms with Gasteiger partial charge in [-0.25, -0.2) is 9.18 Å². The summed E-state index contributed by atoms with van der Waals surface area (Å²) in [5.74, 6) is 0.813. The van der Waals surface area contributed by atoms with Crippen molar-refractivity contribution in [3.63, 3.8) is 0 Å². The van der Waals surface area contributed by atoms with E-state index in [0.717, 1.165) is 30.8 Å². The number of aryl methyl sites for hydroxylation is 1. The molecule has 28 heavy (non-hydrogen) atoms. The van der Waals surface area contributed by atoms with Crippen molar-refractivity contribution >= 4 is 6.03 Å². The topological polar surface area (TPSA) is 62.2 Å². The lowest BCUT2D eigenvalue weighted by atomic mass is 9.74. The van der Waals surface area contributed by atoms with Gasteiger partial charge in [-0.05, 0) is 62.6 Å². The van der Waals surface area contributed by atoms with Gasteiger partial charge in [0.15, 0.2) is 0 Å². The maximum atomic E-state index is 13.2. The Morgan fingerprint density at radius 1 is 1.29 bits per heavy atom. The second kappa shape index (κ2) is 7.91. The Morgan fingerprint density at radius 2 is 2.07 bits per heavy atom. The van der Waals surface area contributed by atoms with Crippen molar-refractivity contribution in [2.45, 2.75) is 31.7 Å². The highest BCUT2D eigenvalue weighted by Crippen LogP contribution is 2.42. The molecule has 5 rings (SSSR count). The Labute approximate surface area is 165 Å². The molecule has 150 valence electrons. The summed E-state index contributed by atoms with van der Waals surface area (Å²) in [7, 11) is 1.99. The summed E-state index contributed by atoms with van der Waals surface area (Å²) in [5.41, 5.74) is 3.07. The van der Waals surface area contributed by atoms with Crippen molar-refractivity contribution in [2.75, 3.05) is 26.2 Å². The third-order valence-corrected chi connectivity index (χ3v) is 6.15. The predicted molar refractivity (Wildman–Crippen MR) is 107 cm³/mol. The van der Waals surface area contributed by atoms with Crippen LogP contribution in [0.1, 0.15) is 31.4 Å². The molecule has 4 unspecified atom stereocenters. The molecule has 3 fully saturated rings. The van der Waals surface area contributed by atoms with Crippen LogP contribution in [-0.2, 0) is 7.05 Å². The number of hydrogen-bond donors (Lipinski definition) is 2. The molecule has 4 atom stereocenters. The molecular weight excluding hydrogens is 357 g/mol. The Kier molecular flexibility index (Phi) is 5.35. The molecule has 4 heterocycles. The van der Waals surface area contributed by atoms with Gasteiger partial charge in [-0.3, -0.25) is 9.58 Å². The minimum Gasteiger partial charge on any atom is -0.338 e. The van der Waals surface area contributed by atoms with Gasteiger partial charge in [-0.15, -0.1) is 0 Å². The first-order chi connectivity index (χ1) is 13.5.